The zero-order valence-electron chi connectivity index (χ0n) is 8.96. The molecule has 2 nitrogen and oxygen atoms in total. The molecule has 2 fully saturated rings. The van der Waals surface area contributed by atoms with Crippen molar-refractivity contribution in [1.82, 2.24) is 0 Å². The normalized spacial score (nSPS) is 43.0. The van der Waals surface area contributed by atoms with E-state index in [1.54, 1.807) is 6.92 Å². The second-order valence-corrected chi connectivity index (χ2v) is 5.10. The molecule has 0 aliphatic heterocycles. The van der Waals surface area contributed by atoms with Gasteiger partial charge in [0.2, 0.25) is 0 Å². The van der Waals surface area contributed by atoms with Gasteiger partial charge in [-0.05, 0) is 38.5 Å². The Morgan fingerprint density at radius 2 is 2.14 bits per heavy atom. The van der Waals surface area contributed by atoms with Crippen molar-refractivity contribution in [2.24, 2.45) is 11.3 Å². The summed E-state index contributed by atoms with van der Waals surface area (Å²) in [6.45, 7) is 1.72. The lowest BCUT2D eigenvalue weighted by molar-refractivity contribution is -0.129. The van der Waals surface area contributed by atoms with Crippen molar-refractivity contribution in [1.29, 1.82) is 0 Å². The van der Waals surface area contributed by atoms with Crippen LogP contribution in [0.15, 0.2) is 0 Å². The van der Waals surface area contributed by atoms with Crippen molar-refractivity contribution in [3.8, 4) is 0 Å². The molecule has 0 aromatic rings. The smallest absolute Gasteiger partial charge is 0.136 e. The highest BCUT2D eigenvalue weighted by Gasteiger charge is 2.49. The predicted molar refractivity (Wildman–Crippen MR) is 54.9 cm³/mol. The van der Waals surface area contributed by atoms with E-state index in [4.69, 9.17) is 0 Å². The van der Waals surface area contributed by atoms with E-state index in [0.29, 0.717) is 11.7 Å². The van der Waals surface area contributed by atoms with Crippen LogP contribution in [-0.4, -0.2) is 17.0 Å². The molecule has 2 saturated carbocycles. The molecule has 0 aromatic carbocycles. The summed E-state index contributed by atoms with van der Waals surface area (Å²) in [5.74, 6) is 0.790. The van der Waals surface area contributed by atoms with Crippen molar-refractivity contribution < 1.29 is 9.90 Å². The van der Waals surface area contributed by atoms with Crippen LogP contribution in [-0.2, 0) is 4.79 Å². The minimum Gasteiger partial charge on any atom is -0.393 e. The Kier molecular flexibility index (Phi) is 2.65. The molecule has 0 heterocycles. The summed E-state index contributed by atoms with van der Waals surface area (Å²) in [5, 5.41) is 9.71. The standard InChI is InChI=1S/C12H20O2/c1-9(13)12-6-4-2-3-5-10(12)7-11(14)8-12/h10-11,14H,2-8H2,1H3. The molecule has 3 unspecified atom stereocenters. The molecule has 0 amide bonds. The number of aliphatic hydroxyl groups is 1. The number of carbonyl (C=O) groups excluding carboxylic acids is 1. The monoisotopic (exact) mass is 196 g/mol. The molecule has 2 aliphatic rings. The van der Waals surface area contributed by atoms with E-state index in [0.717, 1.165) is 25.7 Å². The third-order valence-electron chi connectivity index (χ3n) is 4.31. The number of ketones is 1. The molecule has 2 rings (SSSR count). The van der Waals surface area contributed by atoms with Gasteiger partial charge < -0.3 is 5.11 Å². The molecule has 1 N–H and O–H groups in total. The fourth-order valence-electron chi connectivity index (χ4n) is 3.54. The first-order valence-electron chi connectivity index (χ1n) is 5.84. The van der Waals surface area contributed by atoms with Gasteiger partial charge in [-0.25, -0.2) is 0 Å². The van der Waals surface area contributed by atoms with Crippen LogP contribution < -0.4 is 0 Å². The Morgan fingerprint density at radius 1 is 1.36 bits per heavy atom. The molecule has 3 atom stereocenters. The van der Waals surface area contributed by atoms with Crippen LogP contribution >= 0.6 is 0 Å². The Bertz CT molecular complexity index is 236. The molecule has 2 aliphatic carbocycles. The summed E-state index contributed by atoms with van der Waals surface area (Å²) in [6.07, 6.45) is 7.21. The summed E-state index contributed by atoms with van der Waals surface area (Å²) in [7, 11) is 0. The molecule has 0 saturated heterocycles. The largest absolute Gasteiger partial charge is 0.393 e. The average molecular weight is 196 g/mol. The SMILES string of the molecule is CC(=O)C12CCCCCC1CC(O)C2. The molecular weight excluding hydrogens is 176 g/mol. The van der Waals surface area contributed by atoms with Crippen molar-refractivity contribution in [2.75, 3.05) is 0 Å². The summed E-state index contributed by atoms with van der Waals surface area (Å²) in [5.41, 5.74) is -0.143. The van der Waals surface area contributed by atoms with Gasteiger partial charge in [0, 0.05) is 5.41 Å². The van der Waals surface area contributed by atoms with Crippen LogP contribution in [0.5, 0.6) is 0 Å². The van der Waals surface area contributed by atoms with Crippen molar-refractivity contribution in [3.05, 3.63) is 0 Å². The molecule has 14 heavy (non-hydrogen) atoms. The fourth-order valence-corrected chi connectivity index (χ4v) is 3.54. The highest BCUT2D eigenvalue weighted by atomic mass is 16.3. The zero-order valence-corrected chi connectivity index (χ0v) is 8.96. The second-order valence-electron chi connectivity index (χ2n) is 5.10. The quantitative estimate of drug-likeness (QED) is 0.698. The van der Waals surface area contributed by atoms with Crippen molar-refractivity contribution in [2.45, 2.75) is 58.0 Å². The fraction of sp³-hybridized carbons (Fsp3) is 0.917. The van der Waals surface area contributed by atoms with Gasteiger partial charge in [0.1, 0.15) is 5.78 Å². The predicted octanol–water partition coefficient (Wildman–Crippen LogP) is 2.30. The lowest BCUT2D eigenvalue weighted by Crippen LogP contribution is -2.32. The van der Waals surface area contributed by atoms with Gasteiger partial charge in [0.05, 0.1) is 6.10 Å². The minimum atomic E-state index is -0.220. The van der Waals surface area contributed by atoms with Crippen molar-refractivity contribution >= 4 is 5.78 Å². The van der Waals surface area contributed by atoms with Crippen LogP contribution in [0.1, 0.15) is 51.9 Å². The van der Waals surface area contributed by atoms with E-state index in [1.165, 1.54) is 19.3 Å². The van der Waals surface area contributed by atoms with Crippen LogP contribution in [0.3, 0.4) is 0 Å². The van der Waals surface area contributed by atoms with Crippen molar-refractivity contribution in [3.63, 3.8) is 0 Å². The summed E-state index contributed by atoms with van der Waals surface area (Å²) in [4.78, 5) is 11.8. The van der Waals surface area contributed by atoms with Gasteiger partial charge in [0.25, 0.3) is 0 Å². The Morgan fingerprint density at radius 3 is 2.86 bits per heavy atom. The first kappa shape index (κ1) is 10.2. The highest BCUT2D eigenvalue weighted by molar-refractivity contribution is 5.83. The minimum absolute atomic E-state index is 0.143. The van der Waals surface area contributed by atoms with E-state index in [2.05, 4.69) is 0 Å². The van der Waals surface area contributed by atoms with E-state index in [9.17, 15) is 9.90 Å². The van der Waals surface area contributed by atoms with Gasteiger partial charge >= 0.3 is 0 Å². The Hall–Kier alpha value is -0.370. The van der Waals surface area contributed by atoms with E-state index < -0.39 is 0 Å². The maximum atomic E-state index is 11.8. The summed E-state index contributed by atoms with van der Waals surface area (Å²) < 4.78 is 0. The number of fused-ring (bicyclic) bond motifs is 1. The molecule has 2 heteroatoms. The van der Waals surface area contributed by atoms with Gasteiger partial charge in [-0.15, -0.1) is 0 Å². The third-order valence-corrected chi connectivity index (χ3v) is 4.31. The van der Waals surface area contributed by atoms with E-state index >= 15 is 0 Å². The van der Waals surface area contributed by atoms with E-state index in [-0.39, 0.29) is 11.5 Å². The van der Waals surface area contributed by atoms with Gasteiger partial charge in [-0.1, -0.05) is 19.3 Å². The van der Waals surface area contributed by atoms with Crippen LogP contribution in [0.4, 0.5) is 0 Å². The van der Waals surface area contributed by atoms with Crippen LogP contribution in [0.2, 0.25) is 0 Å². The molecule has 0 aromatic heterocycles. The number of hydrogen-bond acceptors (Lipinski definition) is 2. The van der Waals surface area contributed by atoms with Crippen LogP contribution in [0, 0.1) is 11.3 Å². The van der Waals surface area contributed by atoms with Gasteiger partial charge in [-0.3, -0.25) is 4.79 Å². The number of aliphatic hydroxyl groups excluding tert-OH is 1. The lowest BCUT2D eigenvalue weighted by atomic mass is 9.71. The number of rotatable bonds is 1. The Labute approximate surface area is 85.7 Å². The average Bonchev–Trinajstić information content (AvgIpc) is 2.30. The summed E-state index contributed by atoms with van der Waals surface area (Å²) in [6, 6.07) is 0. The molecular formula is C12H20O2. The third kappa shape index (κ3) is 1.50. The van der Waals surface area contributed by atoms with Crippen LogP contribution in [0.25, 0.3) is 0 Å². The van der Waals surface area contributed by atoms with Gasteiger partial charge in [-0.2, -0.15) is 0 Å². The topological polar surface area (TPSA) is 37.3 Å². The van der Waals surface area contributed by atoms with E-state index in [1.807, 2.05) is 0 Å². The highest BCUT2D eigenvalue weighted by Crippen LogP contribution is 2.51. The molecule has 0 radical (unpaired) electrons. The molecule has 80 valence electrons. The maximum Gasteiger partial charge on any atom is 0.136 e. The zero-order chi connectivity index (χ0) is 10.2. The molecule has 0 spiro atoms. The summed E-state index contributed by atoms with van der Waals surface area (Å²) >= 11 is 0. The molecule has 0 bridgehead atoms. The first-order valence-corrected chi connectivity index (χ1v) is 5.84. The lowest BCUT2D eigenvalue weighted by Gasteiger charge is -2.31. The first-order chi connectivity index (χ1) is 6.65. The number of carbonyl (C=O) groups is 1. The Balaban J connectivity index is 2.25. The second kappa shape index (κ2) is 3.65. The number of hydrogen-bond donors (Lipinski definition) is 1. The number of Topliss-reactive ketones (excluding diaryl/α,β-unsaturated/α-hetero) is 1. The van der Waals surface area contributed by atoms with Gasteiger partial charge in [0.15, 0.2) is 0 Å². The maximum absolute atomic E-state index is 11.8.